The van der Waals surface area contributed by atoms with Crippen molar-refractivity contribution in [1.29, 1.82) is 0 Å². The van der Waals surface area contributed by atoms with Crippen molar-refractivity contribution in [3.8, 4) is 11.8 Å². The van der Waals surface area contributed by atoms with E-state index in [-0.39, 0.29) is 35.7 Å². The lowest BCUT2D eigenvalue weighted by Crippen LogP contribution is -2.34. The average Bonchev–Trinajstić information content (AvgIpc) is 3.74. The van der Waals surface area contributed by atoms with Gasteiger partial charge in [-0.15, -0.1) is 0 Å². The number of carbonyl (C=O) groups excluding carboxylic acids is 2. The highest BCUT2D eigenvalue weighted by Gasteiger charge is 2.34. The van der Waals surface area contributed by atoms with Gasteiger partial charge in [0.05, 0.1) is 34.2 Å². The van der Waals surface area contributed by atoms with E-state index in [0.717, 1.165) is 83.6 Å². The Hall–Kier alpha value is -4.12. The standard InChI is InChI=1S/C32H36N6O2/c1-19(2)31(39)37-15-5-7-27(37)29-33-23-13-11-21(17-25(23)35-29)9-10-22-12-14-24-26(18-22)36-30(34-24)28-8-6-16-38(28)32(40)20(3)4/h11-14,17-20,27-28H,5-8,15-16H2,1-4H3,(H,33,35)(H,34,36)/t27-,28-/m0/s1. The maximum absolute atomic E-state index is 12.7. The van der Waals surface area contributed by atoms with Crippen LogP contribution in [0, 0.1) is 23.7 Å². The molecule has 0 aliphatic carbocycles. The van der Waals surface area contributed by atoms with Crippen LogP contribution in [0.25, 0.3) is 22.1 Å². The summed E-state index contributed by atoms with van der Waals surface area (Å²) < 4.78 is 0. The molecule has 2 N–H and O–H groups in total. The first-order valence-electron chi connectivity index (χ1n) is 14.4. The van der Waals surface area contributed by atoms with Gasteiger partial charge in [-0.25, -0.2) is 9.97 Å². The number of nitrogens with zero attached hydrogens (tertiary/aromatic N) is 4. The minimum Gasteiger partial charge on any atom is -0.340 e. The molecule has 206 valence electrons. The zero-order valence-corrected chi connectivity index (χ0v) is 23.6. The van der Waals surface area contributed by atoms with E-state index in [9.17, 15) is 9.59 Å². The molecule has 40 heavy (non-hydrogen) atoms. The van der Waals surface area contributed by atoms with E-state index >= 15 is 0 Å². The van der Waals surface area contributed by atoms with Crippen molar-refractivity contribution in [3.63, 3.8) is 0 Å². The lowest BCUT2D eigenvalue weighted by molar-refractivity contribution is -0.136. The van der Waals surface area contributed by atoms with Gasteiger partial charge in [-0.1, -0.05) is 39.5 Å². The molecule has 2 saturated heterocycles. The molecular formula is C32H36N6O2. The second-order valence-electron chi connectivity index (χ2n) is 11.6. The van der Waals surface area contributed by atoms with Gasteiger partial charge in [0.2, 0.25) is 11.8 Å². The van der Waals surface area contributed by atoms with Crippen LogP contribution in [0.4, 0.5) is 0 Å². The molecule has 0 saturated carbocycles. The van der Waals surface area contributed by atoms with Gasteiger partial charge in [0.15, 0.2) is 0 Å². The predicted molar refractivity (Wildman–Crippen MR) is 155 cm³/mol. The topological polar surface area (TPSA) is 98.0 Å². The number of hydrogen-bond donors (Lipinski definition) is 2. The number of nitrogens with one attached hydrogen (secondary N) is 2. The fraction of sp³-hybridized carbons (Fsp3) is 0.438. The number of hydrogen-bond acceptors (Lipinski definition) is 4. The van der Waals surface area contributed by atoms with Gasteiger partial charge in [0.25, 0.3) is 0 Å². The molecule has 4 heterocycles. The SMILES string of the molecule is CC(C)C(=O)N1CCC[C@H]1c1nc2ccc(C#Cc3ccc4nc([C@@H]5CCCN5C(=O)C(C)C)[nH]c4c3)cc2[nH]1. The zero-order valence-electron chi connectivity index (χ0n) is 23.6. The Kier molecular flexibility index (Phi) is 6.83. The smallest absolute Gasteiger partial charge is 0.225 e. The molecule has 2 aliphatic rings. The molecule has 2 aromatic carbocycles. The molecule has 2 atom stereocenters. The number of aromatic nitrogens is 4. The van der Waals surface area contributed by atoms with Gasteiger partial charge < -0.3 is 19.8 Å². The lowest BCUT2D eigenvalue weighted by atomic mass is 10.1. The Bertz CT molecular complexity index is 1530. The summed E-state index contributed by atoms with van der Waals surface area (Å²) in [6.07, 6.45) is 3.84. The van der Waals surface area contributed by atoms with Crippen LogP contribution < -0.4 is 0 Å². The summed E-state index contributed by atoms with van der Waals surface area (Å²) in [6, 6.07) is 12.0. The Morgan fingerprint density at radius 1 is 0.750 bits per heavy atom. The van der Waals surface area contributed by atoms with Gasteiger partial charge in [0, 0.05) is 36.1 Å². The summed E-state index contributed by atoms with van der Waals surface area (Å²) in [6.45, 7) is 9.36. The van der Waals surface area contributed by atoms with Crippen molar-refractivity contribution >= 4 is 33.9 Å². The highest BCUT2D eigenvalue weighted by molar-refractivity contribution is 5.81. The normalized spacial score (nSPS) is 19.2. The third-order valence-electron chi connectivity index (χ3n) is 8.04. The van der Waals surface area contributed by atoms with Crippen LogP contribution in [0.3, 0.4) is 0 Å². The average molecular weight is 537 g/mol. The quantitative estimate of drug-likeness (QED) is 0.338. The predicted octanol–water partition coefficient (Wildman–Crippen LogP) is 5.48. The Morgan fingerprint density at radius 3 is 1.57 bits per heavy atom. The lowest BCUT2D eigenvalue weighted by Gasteiger charge is -2.24. The maximum Gasteiger partial charge on any atom is 0.225 e. The molecule has 2 fully saturated rings. The third kappa shape index (κ3) is 4.85. The van der Waals surface area contributed by atoms with E-state index in [2.05, 4.69) is 21.8 Å². The fourth-order valence-electron chi connectivity index (χ4n) is 5.97. The van der Waals surface area contributed by atoms with Crippen molar-refractivity contribution in [3.05, 3.63) is 59.2 Å². The van der Waals surface area contributed by atoms with Crippen molar-refractivity contribution < 1.29 is 9.59 Å². The van der Waals surface area contributed by atoms with Crippen LogP contribution in [0.2, 0.25) is 0 Å². The van der Waals surface area contributed by atoms with Crippen molar-refractivity contribution in [2.75, 3.05) is 13.1 Å². The minimum atomic E-state index is -0.0223. The molecule has 0 bridgehead atoms. The molecule has 0 radical (unpaired) electrons. The summed E-state index contributed by atoms with van der Waals surface area (Å²) in [5, 5.41) is 0. The van der Waals surface area contributed by atoms with Crippen LogP contribution in [0.5, 0.6) is 0 Å². The van der Waals surface area contributed by atoms with Gasteiger partial charge in [0.1, 0.15) is 11.6 Å². The summed E-state index contributed by atoms with van der Waals surface area (Å²) in [5.41, 5.74) is 5.40. The van der Waals surface area contributed by atoms with Crippen molar-refractivity contribution in [2.24, 2.45) is 11.8 Å². The monoisotopic (exact) mass is 536 g/mol. The first-order valence-corrected chi connectivity index (χ1v) is 14.4. The Labute approximate surface area is 234 Å². The molecule has 0 unspecified atom stereocenters. The highest BCUT2D eigenvalue weighted by Crippen LogP contribution is 2.34. The van der Waals surface area contributed by atoms with Gasteiger partial charge >= 0.3 is 0 Å². The second-order valence-corrected chi connectivity index (χ2v) is 11.6. The van der Waals surface area contributed by atoms with Crippen LogP contribution in [0.15, 0.2) is 36.4 Å². The van der Waals surface area contributed by atoms with E-state index in [0.29, 0.717) is 0 Å². The molecule has 8 heteroatoms. The second kappa shape index (κ2) is 10.5. The van der Waals surface area contributed by atoms with Gasteiger partial charge in [-0.2, -0.15) is 0 Å². The number of carbonyl (C=O) groups is 2. The third-order valence-corrected chi connectivity index (χ3v) is 8.04. The fourth-order valence-corrected chi connectivity index (χ4v) is 5.97. The molecule has 6 rings (SSSR count). The number of benzene rings is 2. The summed E-state index contributed by atoms with van der Waals surface area (Å²) in [7, 11) is 0. The number of amides is 2. The molecule has 2 aliphatic heterocycles. The van der Waals surface area contributed by atoms with Crippen LogP contribution >= 0.6 is 0 Å². The molecule has 8 nitrogen and oxygen atoms in total. The highest BCUT2D eigenvalue weighted by atomic mass is 16.2. The first kappa shape index (κ1) is 26.1. The largest absolute Gasteiger partial charge is 0.340 e. The summed E-state index contributed by atoms with van der Waals surface area (Å²) in [4.78, 5) is 45.8. The van der Waals surface area contributed by atoms with Crippen molar-refractivity contribution in [1.82, 2.24) is 29.7 Å². The van der Waals surface area contributed by atoms with E-state index < -0.39 is 0 Å². The van der Waals surface area contributed by atoms with Crippen molar-refractivity contribution in [2.45, 2.75) is 65.5 Å². The van der Waals surface area contributed by atoms with E-state index in [1.54, 1.807) is 0 Å². The number of imidazole rings is 2. The van der Waals surface area contributed by atoms with E-state index in [4.69, 9.17) is 9.97 Å². The number of fused-ring (bicyclic) bond motifs is 2. The number of rotatable bonds is 4. The van der Waals surface area contributed by atoms with Gasteiger partial charge in [-0.3, -0.25) is 9.59 Å². The maximum atomic E-state index is 12.7. The Morgan fingerprint density at radius 2 is 1.18 bits per heavy atom. The van der Waals surface area contributed by atoms with Crippen LogP contribution in [-0.4, -0.2) is 54.6 Å². The number of likely N-dealkylation sites (tertiary alicyclic amines) is 2. The molecule has 4 aromatic rings. The molecule has 2 amide bonds. The Balaban J connectivity index is 1.22. The van der Waals surface area contributed by atoms with E-state index in [1.165, 1.54) is 0 Å². The van der Waals surface area contributed by atoms with Crippen LogP contribution in [-0.2, 0) is 9.59 Å². The first-order chi connectivity index (χ1) is 19.3. The molecule has 0 spiro atoms. The van der Waals surface area contributed by atoms with Gasteiger partial charge in [-0.05, 0) is 62.1 Å². The zero-order chi connectivity index (χ0) is 28.0. The van der Waals surface area contributed by atoms with Crippen LogP contribution in [0.1, 0.15) is 88.2 Å². The number of H-pyrrole nitrogens is 2. The number of aromatic amines is 2. The molecule has 2 aromatic heterocycles. The van der Waals surface area contributed by atoms with E-state index in [1.807, 2.05) is 73.9 Å². The summed E-state index contributed by atoms with van der Waals surface area (Å²) >= 11 is 0. The summed E-state index contributed by atoms with van der Waals surface area (Å²) in [5.74, 6) is 8.59. The minimum absolute atomic E-state index is 0.00247. The molecular weight excluding hydrogens is 500 g/mol.